The van der Waals surface area contributed by atoms with Gasteiger partial charge >= 0.3 is 0 Å². The molecule has 0 bridgehead atoms. The van der Waals surface area contributed by atoms with Crippen molar-refractivity contribution >= 4 is 17.1 Å². The number of fused-ring (bicyclic) bond motifs is 1. The molecule has 1 aromatic heterocycles. The first-order valence-electron chi connectivity index (χ1n) is 4.56. The Balaban J connectivity index is 2.31. The second-order valence-corrected chi connectivity index (χ2v) is 3.30. The van der Waals surface area contributed by atoms with E-state index in [0.29, 0.717) is 5.82 Å². The van der Waals surface area contributed by atoms with Crippen LogP contribution < -0.4 is 10.4 Å². The number of carbonyl (C=O) groups is 1. The monoisotopic (exact) mass is 204 g/mol. The number of nitrogens with zero attached hydrogens (tertiary/aromatic N) is 1. The molecule has 15 heavy (non-hydrogen) atoms. The van der Waals surface area contributed by atoms with Crippen molar-refractivity contribution in [1.29, 1.82) is 0 Å². The number of carbonyl (C=O) groups excluding carboxylic acids is 1. The second kappa shape index (κ2) is 3.61. The summed E-state index contributed by atoms with van der Waals surface area (Å²) >= 11 is 0. The van der Waals surface area contributed by atoms with Crippen LogP contribution in [0.3, 0.4) is 0 Å². The van der Waals surface area contributed by atoms with Crippen molar-refractivity contribution < 1.29 is 9.90 Å². The Labute approximate surface area is 86.1 Å². The summed E-state index contributed by atoms with van der Waals surface area (Å²) in [6, 6.07) is 5.78. The minimum absolute atomic E-state index is 0.135. The first-order chi connectivity index (χ1) is 7.16. The van der Waals surface area contributed by atoms with Crippen LogP contribution in [0.25, 0.3) is 11.0 Å². The number of para-hydroxylation sites is 1. The number of imidazole rings is 1. The molecule has 0 atom stereocenters. The normalized spacial score (nSPS) is 10.5. The molecule has 0 spiro atoms. The van der Waals surface area contributed by atoms with Gasteiger partial charge in [-0.15, -0.1) is 0 Å². The van der Waals surface area contributed by atoms with E-state index in [1.165, 1.54) is 0 Å². The summed E-state index contributed by atoms with van der Waals surface area (Å²) < 4.78 is 0. The zero-order valence-electron chi connectivity index (χ0n) is 8.20. The van der Waals surface area contributed by atoms with Crippen LogP contribution in [0.4, 0.5) is 4.79 Å². The van der Waals surface area contributed by atoms with Crippen LogP contribution in [0.2, 0.25) is 0 Å². The molecule has 0 fully saturated rings. The van der Waals surface area contributed by atoms with Gasteiger partial charge in [-0.2, -0.15) is 0 Å². The summed E-state index contributed by atoms with van der Waals surface area (Å²) in [7, 11) is 0. The van der Waals surface area contributed by atoms with Gasteiger partial charge in [-0.3, -0.25) is 0 Å². The number of hydrogen-bond donors (Lipinski definition) is 2. The van der Waals surface area contributed by atoms with Gasteiger partial charge in [0.15, 0.2) is 0 Å². The fourth-order valence-electron chi connectivity index (χ4n) is 1.47. The highest BCUT2D eigenvalue weighted by molar-refractivity contribution is 5.78. The van der Waals surface area contributed by atoms with E-state index < -0.39 is 6.09 Å². The fraction of sp³-hybridized carbons (Fsp3) is 0.200. The van der Waals surface area contributed by atoms with Crippen molar-refractivity contribution in [2.24, 2.45) is 0 Å². The molecule has 0 aliphatic rings. The average Bonchev–Trinajstić information content (AvgIpc) is 2.59. The van der Waals surface area contributed by atoms with Crippen LogP contribution in [0, 0.1) is 6.92 Å². The molecule has 2 rings (SSSR count). The topological polar surface area (TPSA) is 80.8 Å². The lowest BCUT2D eigenvalue weighted by atomic mass is 10.2. The maximum Gasteiger partial charge on any atom is 0.134 e. The van der Waals surface area contributed by atoms with Gasteiger partial charge in [0, 0.05) is 0 Å². The molecule has 5 nitrogen and oxygen atoms in total. The lowest BCUT2D eigenvalue weighted by molar-refractivity contribution is -0.251. The van der Waals surface area contributed by atoms with Crippen molar-refractivity contribution in [3.8, 4) is 0 Å². The molecule has 0 aliphatic heterocycles. The molecule has 5 heteroatoms. The highest BCUT2D eigenvalue weighted by Gasteiger charge is 2.03. The number of rotatable bonds is 2. The summed E-state index contributed by atoms with van der Waals surface area (Å²) in [6.45, 7) is 2.09. The SMILES string of the molecule is Cc1cccc2[nH]c(CNC(=O)[O-])nc12. The smallest absolute Gasteiger partial charge is 0.134 e. The molecule has 2 N–H and O–H groups in total. The predicted molar refractivity (Wildman–Crippen MR) is 53.1 cm³/mol. The predicted octanol–water partition coefficient (Wildman–Crippen LogP) is 0.304. The number of H-pyrrole nitrogens is 1. The Kier molecular flexibility index (Phi) is 2.29. The van der Waals surface area contributed by atoms with Gasteiger partial charge in [-0.1, -0.05) is 12.1 Å². The number of aromatic amines is 1. The van der Waals surface area contributed by atoms with Crippen molar-refractivity contribution in [1.82, 2.24) is 15.3 Å². The zero-order valence-corrected chi connectivity index (χ0v) is 8.20. The summed E-state index contributed by atoms with van der Waals surface area (Å²) in [5, 5.41) is 12.3. The Morgan fingerprint density at radius 2 is 2.40 bits per heavy atom. The maximum atomic E-state index is 10.2. The van der Waals surface area contributed by atoms with E-state index in [2.05, 4.69) is 15.3 Å². The highest BCUT2D eigenvalue weighted by Crippen LogP contribution is 2.14. The van der Waals surface area contributed by atoms with Crippen LogP contribution in [0.5, 0.6) is 0 Å². The second-order valence-electron chi connectivity index (χ2n) is 3.30. The molecule has 0 radical (unpaired) electrons. The van der Waals surface area contributed by atoms with E-state index >= 15 is 0 Å². The third-order valence-corrected chi connectivity index (χ3v) is 2.16. The van der Waals surface area contributed by atoms with Crippen molar-refractivity contribution in [3.05, 3.63) is 29.6 Å². The van der Waals surface area contributed by atoms with Crippen LogP contribution in [0.1, 0.15) is 11.4 Å². The number of benzene rings is 1. The molecule has 1 aromatic carbocycles. The van der Waals surface area contributed by atoms with Crippen LogP contribution in [0.15, 0.2) is 18.2 Å². The number of nitrogens with one attached hydrogen (secondary N) is 2. The van der Waals surface area contributed by atoms with Crippen LogP contribution in [-0.2, 0) is 6.54 Å². The van der Waals surface area contributed by atoms with Gasteiger partial charge in [-0.25, -0.2) is 4.98 Å². The van der Waals surface area contributed by atoms with Crippen molar-refractivity contribution in [3.63, 3.8) is 0 Å². The van der Waals surface area contributed by atoms with E-state index in [1.807, 2.05) is 25.1 Å². The van der Waals surface area contributed by atoms with Crippen LogP contribution >= 0.6 is 0 Å². The summed E-state index contributed by atoms with van der Waals surface area (Å²) in [6.07, 6.45) is -1.30. The molecule has 1 heterocycles. The van der Waals surface area contributed by atoms with Gasteiger partial charge in [0.05, 0.1) is 17.6 Å². The highest BCUT2D eigenvalue weighted by atomic mass is 16.4. The Hall–Kier alpha value is -2.04. The van der Waals surface area contributed by atoms with Gasteiger partial charge in [-0.05, 0) is 18.6 Å². The van der Waals surface area contributed by atoms with E-state index in [-0.39, 0.29) is 6.54 Å². The van der Waals surface area contributed by atoms with Crippen molar-refractivity contribution in [2.75, 3.05) is 0 Å². The average molecular weight is 204 g/mol. The molecule has 0 unspecified atom stereocenters. The van der Waals surface area contributed by atoms with E-state index in [1.54, 1.807) is 0 Å². The molecular formula is C10H10N3O2-. The molecule has 0 saturated heterocycles. The maximum absolute atomic E-state index is 10.2. The Bertz CT molecular complexity index is 504. The largest absolute Gasteiger partial charge is 0.530 e. The minimum Gasteiger partial charge on any atom is -0.530 e. The lowest BCUT2D eigenvalue weighted by Crippen LogP contribution is -2.36. The van der Waals surface area contributed by atoms with E-state index in [0.717, 1.165) is 16.6 Å². The third-order valence-electron chi connectivity index (χ3n) is 2.16. The number of aryl methyl sites for hydroxylation is 1. The first-order valence-corrected chi connectivity index (χ1v) is 4.56. The van der Waals surface area contributed by atoms with Crippen molar-refractivity contribution in [2.45, 2.75) is 13.5 Å². The van der Waals surface area contributed by atoms with E-state index in [9.17, 15) is 9.90 Å². The molecular weight excluding hydrogens is 194 g/mol. The number of aromatic nitrogens is 2. The van der Waals surface area contributed by atoms with Gasteiger partial charge in [0.25, 0.3) is 0 Å². The summed E-state index contributed by atoms with van der Waals surface area (Å²) in [4.78, 5) is 17.5. The lowest BCUT2D eigenvalue weighted by Gasteiger charge is -2.02. The first kappa shape index (κ1) is 9.51. The minimum atomic E-state index is -1.30. The third kappa shape index (κ3) is 1.90. The Morgan fingerprint density at radius 1 is 1.60 bits per heavy atom. The molecule has 1 amide bonds. The quantitative estimate of drug-likeness (QED) is 0.738. The Morgan fingerprint density at radius 3 is 3.07 bits per heavy atom. The van der Waals surface area contributed by atoms with Gasteiger partial charge in [0.2, 0.25) is 0 Å². The standard InChI is InChI=1S/C10H11N3O2/c1-6-3-2-4-7-9(6)13-8(12-7)5-11-10(14)15/h2-4,11H,5H2,1H3,(H,12,13)(H,14,15)/p-1. The fourth-order valence-corrected chi connectivity index (χ4v) is 1.47. The molecule has 78 valence electrons. The molecule has 0 aliphatic carbocycles. The molecule has 0 saturated carbocycles. The zero-order chi connectivity index (χ0) is 10.8. The van der Waals surface area contributed by atoms with Gasteiger partial charge in [0.1, 0.15) is 11.9 Å². The number of hydrogen-bond acceptors (Lipinski definition) is 3. The van der Waals surface area contributed by atoms with Gasteiger partial charge < -0.3 is 20.2 Å². The number of carboxylic acid groups (broad SMARTS) is 1. The summed E-state index contributed by atoms with van der Waals surface area (Å²) in [5.41, 5.74) is 2.83. The van der Waals surface area contributed by atoms with Crippen LogP contribution in [-0.4, -0.2) is 16.1 Å². The summed E-state index contributed by atoms with van der Waals surface area (Å²) in [5.74, 6) is 0.587. The molecule has 2 aromatic rings. The van der Waals surface area contributed by atoms with E-state index in [4.69, 9.17) is 0 Å². The number of amides is 1.